The Morgan fingerprint density at radius 2 is 1.83 bits per heavy atom. The lowest BCUT2D eigenvalue weighted by atomic mass is 10.2. The van der Waals surface area contributed by atoms with Gasteiger partial charge < -0.3 is 9.88 Å². The normalized spacial score (nSPS) is 11.2. The molecule has 0 aliphatic rings. The highest BCUT2D eigenvalue weighted by atomic mass is 79.9. The average molecular weight is 562 g/mol. The van der Waals surface area contributed by atoms with E-state index >= 15 is 0 Å². The number of carbonyl (C=O) groups excluding carboxylic acids is 1. The van der Waals surface area contributed by atoms with Gasteiger partial charge in [-0.3, -0.25) is 9.78 Å². The first-order valence-electron chi connectivity index (χ1n) is 11.8. The summed E-state index contributed by atoms with van der Waals surface area (Å²) < 4.78 is 3.25. The van der Waals surface area contributed by atoms with Crippen molar-refractivity contribution < 1.29 is 4.79 Å². The molecule has 7 nitrogen and oxygen atoms in total. The van der Waals surface area contributed by atoms with E-state index in [-0.39, 0.29) is 5.91 Å². The third kappa shape index (κ3) is 5.91. The fourth-order valence-corrected chi connectivity index (χ4v) is 5.03. The number of carbonyl (C=O) groups is 1. The Balaban J connectivity index is 1.21. The topological polar surface area (TPSA) is 85.6 Å². The maximum atomic E-state index is 12.2. The minimum atomic E-state index is 0.0515. The molecule has 0 fully saturated rings. The van der Waals surface area contributed by atoms with Crippen LogP contribution in [-0.4, -0.2) is 42.9 Å². The van der Waals surface area contributed by atoms with E-state index in [9.17, 15) is 4.79 Å². The molecule has 0 aliphatic heterocycles. The molecule has 182 valence electrons. The molecule has 0 unspecified atom stereocenters. The van der Waals surface area contributed by atoms with Crippen LogP contribution in [0.4, 0.5) is 0 Å². The minimum Gasteiger partial charge on any atom is -0.356 e. The molecule has 36 heavy (non-hydrogen) atoms. The molecule has 0 aliphatic carbocycles. The zero-order valence-electron chi connectivity index (χ0n) is 19.6. The number of fused-ring (bicyclic) bond motifs is 3. The molecule has 0 bridgehead atoms. The van der Waals surface area contributed by atoms with Crippen molar-refractivity contribution in [3.63, 3.8) is 0 Å². The second-order valence-corrected chi connectivity index (χ2v) is 10.3. The number of aromatic nitrogens is 5. The van der Waals surface area contributed by atoms with Crippen molar-refractivity contribution in [3.05, 3.63) is 88.7 Å². The molecule has 0 radical (unpaired) electrons. The van der Waals surface area contributed by atoms with Crippen molar-refractivity contribution in [1.82, 2.24) is 30.0 Å². The van der Waals surface area contributed by atoms with Gasteiger partial charge in [0.1, 0.15) is 5.52 Å². The van der Waals surface area contributed by atoms with E-state index in [0.29, 0.717) is 24.7 Å². The van der Waals surface area contributed by atoms with Crippen LogP contribution in [0.25, 0.3) is 22.1 Å². The molecule has 3 aromatic heterocycles. The molecule has 5 aromatic rings. The second kappa shape index (κ2) is 11.6. The minimum absolute atomic E-state index is 0.0515. The van der Waals surface area contributed by atoms with Gasteiger partial charge in [-0.2, -0.15) is 0 Å². The Bertz CT molecular complexity index is 1470. The molecular weight excluding hydrogens is 536 g/mol. The SMILES string of the molecule is O=C(CCCSc1nnc2c3ccccc3n(Cc3ccc(Br)cc3)c2n1)NCCc1ccccn1. The Morgan fingerprint density at radius 3 is 2.67 bits per heavy atom. The van der Waals surface area contributed by atoms with Crippen molar-refractivity contribution in [2.45, 2.75) is 31.0 Å². The summed E-state index contributed by atoms with van der Waals surface area (Å²) in [5, 5.41) is 13.5. The number of thioether (sulfide) groups is 1. The second-order valence-electron chi connectivity index (χ2n) is 8.37. The highest BCUT2D eigenvalue weighted by Crippen LogP contribution is 2.28. The van der Waals surface area contributed by atoms with Crippen LogP contribution >= 0.6 is 27.7 Å². The molecule has 3 heterocycles. The van der Waals surface area contributed by atoms with E-state index in [1.807, 2.05) is 42.5 Å². The van der Waals surface area contributed by atoms with E-state index < -0.39 is 0 Å². The number of hydrogen-bond acceptors (Lipinski definition) is 6. The third-order valence-corrected chi connectivity index (χ3v) is 7.27. The van der Waals surface area contributed by atoms with Crippen LogP contribution in [0.5, 0.6) is 0 Å². The van der Waals surface area contributed by atoms with Crippen molar-refractivity contribution in [2.75, 3.05) is 12.3 Å². The number of pyridine rings is 1. The molecule has 1 amide bonds. The zero-order valence-corrected chi connectivity index (χ0v) is 22.0. The summed E-state index contributed by atoms with van der Waals surface area (Å²) in [5.74, 6) is 0.795. The van der Waals surface area contributed by atoms with Crippen molar-refractivity contribution in [1.29, 1.82) is 0 Å². The predicted molar refractivity (Wildman–Crippen MR) is 147 cm³/mol. The van der Waals surface area contributed by atoms with Crippen LogP contribution in [-0.2, 0) is 17.8 Å². The van der Waals surface area contributed by atoms with Gasteiger partial charge in [0.2, 0.25) is 11.1 Å². The summed E-state index contributed by atoms with van der Waals surface area (Å²) in [7, 11) is 0. The predicted octanol–water partition coefficient (Wildman–Crippen LogP) is 5.42. The molecule has 2 aromatic carbocycles. The number of benzene rings is 2. The van der Waals surface area contributed by atoms with Gasteiger partial charge in [0, 0.05) is 53.4 Å². The van der Waals surface area contributed by atoms with Gasteiger partial charge in [0.05, 0.1) is 5.52 Å². The summed E-state index contributed by atoms with van der Waals surface area (Å²) in [6.45, 7) is 1.29. The largest absolute Gasteiger partial charge is 0.356 e. The highest BCUT2D eigenvalue weighted by molar-refractivity contribution is 9.10. The molecule has 0 atom stereocenters. The maximum Gasteiger partial charge on any atom is 0.220 e. The number of rotatable bonds is 10. The monoisotopic (exact) mass is 560 g/mol. The molecule has 9 heteroatoms. The first-order chi connectivity index (χ1) is 17.7. The van der Waals surface area contributed by atoms with Crippen LogP contribution in [0.1, 0.15) is 24.1 Å². The van der Waals surface area contributed by atoms with E-state index in [2.05, 4.69) is 65.3 Å². The van der Waals surface area contributed by atoms with Crippen LogP contribution < -0.4 is 5.32 Å². The molecule has 0 saturated heterocycles. The first-order valence-corrected chi connectivity index (χ1v) is 13.6. The summed E-state index contributed by atoms with van der Waals surface area (Å²) in [6.07, 6.45) is 3.70. The number of halogens is 1. The van der Waals surface area contributed by atoms with Crippen LogP contribution in [0.3, 0.4) is 0 Å². The summed E-state index contributed by atoms with van der Waals surface area (Å²) in [5.41, 5.74) is 4.87. The van der Waals surface area contributed by atoms with Crippen LogP contribution in [0, 0.1) is 0 Å². The standard InChI is InChI=1S/C27H25BrN6OS/c28-20-12-10-19(11-13-20)18-34-23-8-2-1-7-22(23)25-26(34)31-27(33-32-25)36-17-5-9-24(35)30-16-14-21-6-3-4-15-29-21/h1-4,6-8,10-13,15H,5,9,14,16-18H2,(H,30,35). The van der Waals surface area contributed by atoms with Crippen LogP contribution in [0.15, 0.2) is 82.6 Å². The maximum absolute atomic E-state index is 12.2. The molecule has 1 N–H and O–H groups in total. The number of nitrogens with one attached hydrogen (secondary N) is 1. The Morgan fingerprint density at radius 1 is 1.00 bits per heavy atom. The van der Waals surface area contributed by atoms with E-state index in [1.165, 1.54) is 17.3 Å². The lowest BCUT2D eigenvalue weighted by molar-refractivity contribution is -0.121. The number of para-hydroxylation sites is 1. The molecule has 0 spiro atoms. The lowest BCUT2D eigenvalue weighted by Crippen LogP contribution is -2.25. The van der Waals surface area contributed by atoms with Gasteiger partial charge in [-0.05, 0) is 42.3 Å². The average Bonchev–Trinajstić information content (AvgIpc) is 3.21. The van der Waals surface area contributed by atoms with E-state index in [4.69, 9.17) is 4.98 Å². The van der Waals surface area contributed by atoms with Crippen molar-refractivity contribution >= 4 is 55.7 Å². The fourth-order valence-electron chi connectivity index (χ4n) is 4.04. The van der Waals surface area contributed by atoms with E-state index in [1.54, 1.807) is 6.20 Å². The molecule has 0 saturated carbocycles. The summed E-state index contributed by atoms with van der Waals surface area (Å²) >= 11 is 5.04. The third-order valence-electron chi connectivity index (χ3n) is 5.82. The van der Waals surface area contributed by atoms with Crippen LogP contribution in [0.2, 0.25) is 0 Å². The summed E-state index contributed by atoms with van der Waals surface area (Å²) in [4.78, 5) is 21.3. The Kier molecular flexibility index (Phi) is 7.88. The fraction of sp³-hybridized carbons (Fsp3) is 0.222. The number of nitrogens with zero attached hydrogens (tertiary/aromatic N) is 5. The lowest BCUT2D eigenvalue weighted by Gasteiger charge is -2.08. The number of amides is 1. The summed E-state index contributed by atoms with van der Waals surface area (Å²) in [6, 6.07) is 22.3. The Hall–Kier alpha value is -3.30. The molecule has 5 rings (SSSR count). The van der Waals surface area contributed by atoms with Crippen molar-refractivity contribution in [3.8, 4) is 0 Å². The molecular formula is C27H25BrN6OS. The van der Waals surface area contributed by atoms with Gasteiger partial charge in [-0.15, -0.1) is 10.2 Å². The smallest absolute Gasteiger partial charge is 0.220 e. The van der Waals surface area contributed by atoms with Gasteiger partial charge >= 0.3 is 0 Å². The van der Waals surface area contributed by atoms with Gasteiger partial charge in [-0.25, -0.2) is 4.98 Å². The van der Waals surface area contributed by atoms with Gasteiger partial charge in [0.15, 0.2) is 5.65 Å². The zero-order chi connectivity index (χ0) is 24.7. The highest BCUT2D eigenvalue weighted by Gasteiger charge is 2.15. The van der Waals surface area contributed by atoms with E-state index in [0.717, 1.165) is 50.8 Å². The van der Waals surface area contributed by atoms with Gasteiger partial charge in [-0.1, -0.05) is 64.1 Å². The first kappa shape index (κ1) is 24.4. The number of hydrogen-bond donors (Lipinski definition) is 1. The van der Waals surface area contributed by atoms with Crippen molar-refractivity contribution in [2.24, 2.45) is 0 Å². The quantitative estimate of drug-likeness (QED) is 0.181. The van der Waals surface area contributed by atoms with Gasteiger partial charge in [0.25, 0.3) is 0 Å². The Labute approximate surface area is 221 Å².